The first-order valence-electron chi connectivity index (χ1n) is 7.90. The summed E-state index contributed by atoms with van der Waals surface area (Å²) < 4.78 is 0. The summed E-state index contributed by atoms with van der Waals surface area (Å²) in [5, 5.41) is 3.50. The van der Waals surface area contributed by atoms with E-state index >= 15 is 0 Å². The first-order chi connectivity index (χ1) is 11.0. The summed E-state index contributed by atoms with van der Waals surface area (Å²) >= 11 is 0. The van der Waals surface area contributed by atoms with Crippen molar-refractivity contribution in [2.75, 3.05) is 5.32 Å². The number of nitrogens with one attached hydrogen (secondary N) is 1. The minimum absolute atomic E-state index is 0.610. The number of hydrogen-bond acceptors (Lipinski definition) is 3. The highest BCUT2D eigenvalue weighted by molar-refractivity contribution is 5.93. The van der Waals surface area contributed by atoms with Gasteiger partial charge in [-0.15, -0.1) is 0 Å². The van der Waals surface area contributed by atoms with Crippen molar-refractivity contribution in [1.82, 2.24) is 4.98 Å². The van der Waals surface area contributed by atoms with Crippen LogP contribution in [0.5, 0.6) is 0 Å². The molecular weight excluding hydrogens is 282 g/mol. The van der Waals surface area contributed by atoms with Crippen LogP contribution < -0.4 is 5.32 Å². The van der Waals surface area contributed by atoms with Gasteiger partial charge in [0, 0.05) is 23.3 Å². The maximum Gasteiger partial charge on any atom is 0.0814 e. The number of pyridine rings is 1. The fraction of sp³-hybridized carbons (Fsp3) is 0.300. The number of rotatable bonds is 5. The Morgan fingerprint density at radius 2 is 1.83 bits per heavy atom. The summed E-state index contributed by atoms with van der Waals surface area (Å²) in [4.78, 5) is 8.86. The van der Waals surface area contributed by atoms with Crippen molar-refractivity contribution in [1.29, 1.82) is 0 Å². The zero-order valence-electron chi connectivity index (χ0n) is 14.6. The Bertz CT molecular complexity index is 705. The molecule has 1 aromatic carbocycles. The largest absolute Gasteiger partial charge is 0.359 e. The Hall–Kier alpha value is -2.42. The molecule has 0 amide bonds. The third-order valence-electron chi connectivity index (χ3n) is 3.64. The summed E-state index contributed by atoms with van der Waals surface area (Å²) in [6.45, 7) is 11.1. The number of aromatic nitrogens is 1. The lowest BCUT2D eigenvalue weighted by molar-refractivity contribution is 0.989. The molecule has 0 spiro atoms. The lowest BCUT2D eigenvalue weighted by atomic mass is 10.0. The second kappa shape index (κ2) is 7.73. The van der Waals surface area contributed by atoms with Crippen LogP contribution in [0.25, 0.3) is 0 Å². The van der Waals surface area contributed by atoms with Gasteiger partial charge >= 0.3 is 0 Å². The molecule has 0 unspecified atom stereocenters. The molecule has 2 rings (SSSR count). The van der Waals surface area contributed by atoms with Crippen molar-refractivity contribution in [3.05, 3.63) is 70.7 Å². The van der Waals surface area contributed by atoms with Gasteiger partial charge in [-0.1, -0.05) is 23.8 Å². The van der Waals surface area contributed by atoms with E-state index in [1.54, 1.807) is 6.20 Å². The number of aryl methyl sites for hydroxylation is 3. The molecule has 0 radical (unpaired) electrons. The van der Waals surface area contributed by atoms with E-state index in [0.717, 1.165) is 17.1 Å². The van der Waals surface area contributed by atoms with Gasteiger partial charge in [-0.05, 0) is 64.0 Å². The molecule has 0 saturated heterocycles. The van der Waals surface area contributed by atoms with Crippen LogP contribution in [0.4, 0.5) is 5.69 Å². The van der Waals surface area contributed by atoms with Gasteiger partial charge in [0.25, 0.3) is 0 Å². The van der Waals surface area contributed by atoms with Crippen LogP contribution in [-0.4, -0.2) is 10.7 Å². The van der Waals surface area contributed by atoms with Gasteiger partial charge < -0.3 is 5.32 Å². The Morgan fingerprint density at radius 1 is 1.13 bits per heavy atom. The Labute approximate surface area is 139 Å². The van der Waals surface area contributed by atoms with E-state index in [1.165, 1.54) is 22.4 Å². The quantitative estimate of drug-likeness (QED) is 0.791. The molecule has 1 heterocycles. The van der Waals surface area contributed by atoms with Crippen molar-refractivity contribution >= 4 is 11.4 Å². The van der Waals surface area contributed by atoms with E-state index < -0.39 is 0 Å². The van der Waals surface area contributed by atoms with Gasteiger partial charge in [-0.3, -0.25) is 9.98 Å². The van der Waals surface area contributed by atoms with Crippen LogP contribution in [0.15, 0.2) is 53.3 Å². The van der Waals surface area contributed by atoms with Crippen molar-refractivity contribution in [2.24, 2.45) is 4.99 Å². The van der Waals surface area contributed by atoms with Crippen molar-refractivity contribution in [3.63, 3.8) is 0 Å². The highest BCUT2D eigenvalue weighted by atomic mass is 14.9. The average molecular weight is 307 g/mol. The highest BCUT2D eigenvalue weighted by Gasteiger charge is 2.04. The van der Waals surface area contributed by atoms with E-state index in [1.807, 2.05) is 25.1 Å². The molecule has 0 fully saturated rings. The van der Waals surface area contributed by atoms with Crippen LogP contribution in [0.2, 0.25) is 0 Å². The molecule has 1 aromatic heterocycles. The van der Waals surface area contributed by atoms with E-state index in [9.17, 15) is 0 Å². The molecule has 0 aliphatic rings. The minimum Gasteiger partial charge on any atom is -0.359 e. The van der Waals surface area contributed by atoms with Crippen LogP contribution in [0.1, 0.15) is 36.2 Å². The van der Waals surface area contributed by atoms with Gasteiger partial charge in [-0.2, -0.15) is 0 Å². The fourth-order valence-electron chi connectivity index (χ4n) is 2.67. The van der Waals surface area contributed by atoms with Crippen LogP contribution in [0, 0.1) is 20.8 Å². The lowest BCUT2D eigenvalue weighted by Gasteiger charge is -2.14. The Morgan fingerprint density at radius 3 is 2.43 bits per heavy atom. The van der Waals surface area contributed by atoms with Gasteiger partial charge in [0.05, 0.1) is 12.2 Å². The Kier molecular flexibility index (Phi) is 5.69. The topological polar surface area (TPSA) is 37.3 Å². The molecule has 0 bridgehead atoms. The number of anilines is 1. The molecule has 0 aliphatic carbocycles. The average Bonchev–Trinajstić information content (AvgIpc) is 2.50. The number of allylic oxidation sites excluding steroid dienone is 2. The second-order valence-corrected chi connectivity index (χ2v) is 6.00. The summed E-state index contributed by atoms with van der Waals surface area (Å²) in [7, 11) is 0. The normalized spacial score (nSPS) is 12.4. The standard InChI is InChI=1S/C20H25N3/c1-14-10-15(2)20(16(3)11-14)23-18(5)12-17(4)22-13-19-8-6-7-9-21-19/h6-12,23H,13H2,1-5H3/b18-12-,22-17?. The number of hydrogen-bond donors (Lipinski definition) is 1. The van der Waals surface area contributed by atoms with Gasteiger partial charge in [-0.25, -0.2) is 0 Å². The van der Waals surface area contributed by atoms with E-state index in [4.69, 9.17) is 0 Å². The smallest absolute Gasteiger partial charge is 0.0814 e. The Balaban J connectivity index is 2.08. The van der Waals surface area contributed by atoms with Crippen molar-refractivity contribution in [3.8, 4) is 0 Å². The predicted molar refractivity (Wildman–Crippen MR) is 99.1 cm³/mol. The van der Waals surface area contributed by atoms with Crippen LogP contribution in [-0.2, 0) is 6.54 Å². The molecule has 0 saturated carbocycles. The molecule has 23 heavy (non-hydrogen) atoms. The molecule has 0 atom stereocenters. The monoisotopic (exact) mass is 307 g/mol. The lowest BCUT2D eigenvalue weighted by Crippen LogP contribution is -2.03. The first kappa shape index (κ1) is 16.9. The predicted octanol–water partition coefficient (Wildman–Crippen LogP) is 4.98. The summed E-state index contributed by atoms with van der Waals surface area (Å²) in [6.07, 6.45) is 3.87. The summed E-state index contributed by atoms with van der Waals surface area (Å²) in [5.74, 6) is 0. The number of nitrogens with zero attached hydrogens (tertiary/aromatic N) is 2. The fourth-order valence-corrected chi connectivity index (χ4v) is 2.67. The summed E-state index contributed by atoms with van der Waals surface area (Å²) in [6, 6.07) is 10.3. The number of benzene rings is 1. The van der Waals surface area contributed by atoms with Crippen LogP contribution in [0.3, 0.4) is 0 Å². The minimum atomic E-state index is 0.610. The van der Waals surface area contributed by atoms with Crippen molar-refractivity contribution in [2.45, 2.75) is 41.2 Å². The molecule has 2 aromatic rings. The SMILES string of the molecule is CC(/C=C(/C)Nc1c(C)cc(C)cc1C)=NCc1ccccn1. The molecule has 3 nitrogen and oxygen atoms in total. The van der Waals surface area contributed by atoms with Crippen molar-refractivity contribution < 1.29 is 0 Å². The van der Waals surface area contributed by atoms with Gasteiger partial charge in [0.15, 0.2) is 0 Å². The van der Waals surface area contributed by atoms with Gasteiger partial charge in [0.1, 0.15) is 0 Å². The maximum absolute atomic E-state index is 4.57. The third kappa shape index (κ3) is 5.06. The molecular formula is C20H25N3. The molecule has 0 aliphatic heterocycles. The number of aliphatic imine (C=N–C) groups is 1. The highest BCUT2D eigenvalue weighted by Crippen LogP contribution is 2.23. The summed E-state index contributed by atoms with van der Waals surface area (Å²) in [5.41, 5.74) is 8.06. The van der Waals surface area contributed by atoms with Crippen LogP contribution >= 0.6 is 0 Å². The molecule has 1 N–H and O–H groups in total. The first-order valence-corrected chi connectivity index (χ1v) is 7.90. The molecule has 120 valence electrons. The van der Waals surface area contributed by atoms with Gasteiger partial charge in [0.2, 0.25) is 0 Å². The third-order valence-corrected chi connectivity index (χ3v) is 3.64. The zero-order valence-corrected chi connectivity index (χ0v) is 14.6. The van der Waals surface area contributed by atoms with E-state index in [2.05, 4.69) is 61.2 Å². The molecule has 3 heteroatoms. The maximum atomic E-state index is 4.57. The second-order valence-electron chi connectivity index (χ2n) is 6.00. The zero-order chi connectivity index (χ0) is 16.8. The van der Waals surface area contributed by atoms with E-state index in [-0.39, 0.29) is 0 Å². The van der Waals surface area contributed by atoms with E-state index in [0.29, 0.717) is 6.54 Å².